The molecule has 0 saturated carbocycles. The van der Waals surface area contributed by atoms with E-state index in [1.165, 1.54) is 53.7 Å². The molecule has 0 bridgehead atoms. The maximum atomic E-state index is 3.62. The zero-order valence-corrected chi connectivity index (χ0v) is 14.0. The fraction of sp³-hybridized carbons (Fsp3) is 0.571. The van der Waals surface area contributed by atoms with Crippen molar-refractivity contribution in [1.82, 2.24) is 9.80 Å². The van der Waals surface area contributed by atoms with E-state index in [1.807, 2.05) is 0 Å². The SMILES string of the molecule is CN1CCN(CCCc2cc(Br)ccc2Br)CC1. The molecule has 18 heavy (non-hydrogen) atoms. The fourth-order valence-electron chi connectivity index (χ4n) is 2.30. The van der Waals surface area contributed by atoms with Gasteiger partial charge in [-0.25, -0.2) is 0 Å². The Morgan fingerprint density at radius 1 is 1.11 bits per heavy atom. The summed E-state index contributed by atoms with van der Waals surface area (Å²) < 4.78 is 2.39. The van der Waals surface area contributed by atoms with E-state index in [2.05, 4.69) is 66.9 Å². The maximum Gasteiger partial charge on any atom is 0.0208 e. The molecule has 1 fully saturated rings. The summed E-state index contributed by atoms with van der Waals surface area (Å²) in [7, 11) is 2.20. The van der Waals surface area contributed by atoms with Crippen molar-refractivity contribution in [3.05, 3.63) is 32.7 Å². The lowest BCUT2D eigenvalue weighted by Gasteiger charge is -2.32. The van der Waals surface area contributed by atoms with E-state index >= 15 is 0 Å². The quantitative estimate of drug-likeness (QED) is 0.795. The van der Waals surface area contributed by atoms with Crippen molar-refractivity contribution in [3.63, 3.8) is 0 Å². The van der Waals surface area contributed by atoms with Gasteiger partial charge in [0, 0.05) is 35.1 Å². The van der Waals surface area contributed by atoms with Crippen LogP contribution in [0.4, 0.5) is 0 Å². The lowest BCUT2D eigenvalue weighted by molar-refractivity contribution is 0.153. The summed E-state index contributed by atoms with van der Waals surface area (Å²) >= 11 is 7.16. The lowest BCUT2D eigenvalue weighted by Crippen LogP contribution is -2.44. The molecule has 2 rings (SSSR count). The second-order valence-electron chi connectivity index (χ2n) is 4.98. The van der Waals surface area contributed by atoms with Crippen LogP contribution in [0, 0.1) is 0 Å². The first-order chi connectivity index (χ1) is 8.65. The van der Waals surface area contributed by atoms with Crippen LogP contribution in [0.1, 0.15) is 12.0 Å². The van der Waals surface area contributed by atoms with Crippen LogP contribution in [0.15, 0.2) is 27.1 Å². The van der Waals surface area contributed by atoms with Crippen LogP contribution in [0.5, 0.6) is 0 Å². The van der Waals surface area contributed by atoms with Gasteiger partial charge in [-0.2, -0.15) is 0 Å². The summed E-state index contributed by atoms with van der Waals surface area (Å²) in [5.74, 6) is 0. The molecule has 0 N–H and O–H groups in total. The molecule has 1 aromatic rings. The number of piperazine rings is 1. The van der Waals surface area contributed by atoms with Crippen molar-refractivity contribution in [3.8, 4) is 0 Å². The number of benzene rings is 1. The highest BCUT2D eigenvalue weighted by Gasteiger charge is 2.13. The van der Waals surface area contributed by atoms with Gasteiger partial charge in [0.2, 0.25) is 0 Å². The Morgan fingerprint density at radius 3 is 2.56 bits per heavy atom. The van der Waals surface area contributed by atoms with Gasteiger partial charge in [-0.05, 0) is 50.2 Å². The summed E-state index contributed by atoms with van der Waals surface area (Å²) in [4.78, 5) is 4.98. The standard InChI is InChI=1S/C14H20Br2N2/c1-17-7-9-18(10-8-17)6-2-3-12-11-13(15)4-5-14(12)16/h4-5,11H,2-3,6-10H2,1H3. The minimum atomic E-state index is 1.15. The summed E-state index contributed by atoms with van der Waals surface area (Å²) in [6.07, 6.45) is 2.38. The molecule has 0 atom stereocenters. The average molecular weight is 376 g/mol. The molecule has 0 spiro atoms. The highest BCUT2D eigenvalue weighted by atomic mass is 79.9. The van der Waals surface area contributed by atoms with Crippen LogP contribution < -0.4 is 0 Å². The predicted octanol–water partition coefficient (Wildman–Crippen LogP) is 3.39. The zero-order valence-electron chi connectivity index (χ0n) is 10.8. The van der Waals surface area contributed by atoms with Gasteiger partial charge >= 0.3 is 0 Å². The Hall–Kier alpha value is 0.1000. The third-order valence-corrected chi connectivity index (χ3v) is 4.79. The molecular formula is C14H20Br2N2. The van der Waals surface area contributed by atoms with Crippen molar-refractivity contribution < 1.29 is 0 Å². The van der Waals surface area contributed by atoms with E-state index in [1.54, 1.807) is 0 Å². The van der Waals surface area contributed by atoms with Crippen molar-refractivity contribution in [2.75, 3.05) is 39.8 Å². The number of rotatable bonds is 4. The molecule has 1 aromatic carbocycles. The van der Waals surface area contributed by atoms with E-state index in [9.17, 15) is 0 Å². The largest absolute Gasteiger partial charge is 0.304 e. The summed E-state index contributed by atoms with van der Waals surface area (Å²) in [6, 6.07) is 6.41. The van der Waals surface area contributed by atoms with Crippen LogP contribution in [-0.4, -0.2) is 49.6 Å². The molecule has 0 amide bonds. The number of nitrogens with zero attached hydrogens (tertiary/aromatic N) is 2. The number of halogens is 2. The van der Waals surface area contributed by atoms with Gasteiger partial charge in [-0.1, -0.05) is 31.9 Å². The summed E-state index contributed by atoms with van der Waals surface area (Å²) in [5, 5.41) is 0. The Bertz CT molecular complexity index is 387. The minimum absolute atomic E-state index is 1.15. The Labute approximate surface area is 127 Å². The van der Waals surface area contributed by atoms with E-state index in [4.69, 9.17) is 0 Å². The average Bonchev–Trinajstić information content (AvgIpc) is 2.36. The zero-order chi connectivity index (χ0) is 13.0. The lowest BCUT2D eigenvalue weighted by atomic mass is 10.1. The topological polar surface area (TPSA) is 6.48 Å². The normalized spacial score (nSPS) is 18.2. The van der Waals surface area contributed by atoms with E-state index in [0.717, 1.165) is 6.42 Å². The van der Waals surface area contributed by atoms with E-state index in [-0.39, 0.29) is 0 Å². The first-order valence-electron chi connectivity index (χ1n) is 6.50. The molecular weight excluding hydrogens is 356 g/mol. The van der Waals surface area contributed by atoms with Crippen LogP contribution in [0.3, 0.4) is 0 Å². The van der Waals surface area contributed by atoms with Crippen molar-refractivity contribution in [1.29, 1.82) is 0 Å². The molecule has 1 aliphatic rings. The summed E-state index contributed by atoms with van der Waals surface area (Å²) in [5.41, 5.74) is 1.40. The van der Waals surface area contributed by atoms with Gasteiger partial charge in [0.25, 0.3) is 0 Å². The molecule has 100 valence electrons. The fourth-order valence-corrected chi connectivity index (χ4v) is 3.15. The third kappa shape index (κ3) is 4.34. The monoisotopic (exact) mass is 374 g/mol. The van der Waals surface area contributed by atoms with Crippen LogP contribution >= 0.6 is 31.9 Å². The van der Waals surface area contributed by atoms with Crippen LogP contribution in [0.2, 0.25) is 0 Å². The predicted molar refractivity (Wildman–Crippen MR) is 84.1 cm³/mol. The maximum absolute atomic E-state index is 3.62. The first-order valence-corrected chi connectivity index (χ1v) is 8.08. The molecule has 1 aliphatic heterocycles. The molecule has 0 aromatic heterocycles. The van der Waals surface area contributed by atoms with E-state index < -0.39 is 0 Å². The number of aryl methyl sites for hydroxylation is 1. The minimum Gasteiger partial charge on any atom is -0.304 e. The third-order valence-electron chi connectivity index (χ3n) is 3.52. The molecule has 1 saturated heterocycles. The van der Waals surface area contributed by atoms with Crippen LogP contribution in [0.25, 0.3) is 0 Å². The summed E-state index contributed by atoms with van der Waals surface area (Å²) in [6.45, 7) is 6.07. The van der Waals surface area contributed by atoms with Gasteiger partial charge in [0.05, 0.1) is 0 Å². The van der Waals surface area contributed by atoms with E-state index in [0.29, 0.717) is 0 Å². The van der Waals surface area contributed by atoms with Gasteiger partial charge in [-0.3, -0.25) is 0 Å². The molecule has 2 nitrogen and oxygen atoms in total. The number of hydrogen-bond acceptors (Lipinski definition) is 2. The van der Waals surface area contributed by atoms with Gasteiger partial charge in [0.15, 0.2) is 0 Å². The van der Waals surface area contributed by atoms with Crippen molar-refractivity contribution >= 4 is 31.9 Å². The molecule has 0 unspecified atom stereocenters. The second kappa shape index (κ2) is 7.04. The highest BCUT2D eigenvalue weighted by Crippen LogP contribution is 2.22. The highest BCUT2D eigenvalue weighted by molar-refractivity contribution is 9.11. The van der Waals surface area contributed by atoms with Crippen molar-refractivity contribution in [2.45, 2.75) is 12.8 Å². The molecule has 4 heteroatoms. The molecule has 1 heterocycles. The van der Waals surface area contributed by atoms with Crippen molar-refractivity contribution in [2.24, 2.45) is 0 Å². The molecule has 0 aliphatic carbocycles. The first kappa shape index (κ1) is 14.5. The van der Waals surface area contributed by atoms with Gasteiger partial charge in [0.1, 0.15) is 0 Å². The Kier molecular flexibility index (Phi) is 5.67. The van der Waals surface area contributed by atoms with Gasteiger partial charge < -0.3 is 9.80 Å². The van der Waals surface area contributed by atoms with Gasteiger partial charge in [-0.15, -0.1) is 0 Å². The molecule has 0 radical (unpaired) electrons. The Morgan fingerprint density at radius 2 is 1.83 bits per heavy atom. The smallest absolute Gasteiger partial charge is 0.0208 e. The number of hydrogen-bond donors (Lipinski definition) is 0. The second-order valence-corrected chi connectivity index (χ2v) is 6.75. The van der Waals surface area contributed by atoms with Crippen LogP contribution in [-0.2, 0) is 6.42 Å². The Balaban J connectivity index is 1.76. The number of likely N-dealkylation sites (N-methyl/N-ethyl adjacent to an activating group) is 1.